The summed E-state index contributed by atoms with van der Waals surface area (Å²) in [6.45, 7) is 3.98. The number of halogens is 1. The summed E-state index contributed by atoms with van der Waals surface area (Å²) >= 11 is 0. The fraction of sp³-hybridized carbons (Fsp3) is 0.300. The first-order chi connectivity index (χ1) is 12.5. The van der Waals surface area contributed by atoms with Crippen molar-refractivity contribution in [1.82, 2.24) is 5.32 Å². The monoisotopic (exact) mass is 356 g/mol. The number of nitrogens with zero attached hydrogens (tertiary/aromatic N) is 1. The average Bonchev–Trinajstić information content (AvgIpc) is 2.63. The van der Waals surface area contributed by atoms with Crippen molar-refractivity contribution in [3.63, 3.8) is 0 Å². The summed E-state index contributed by atoms with van der Waals surface area (Å²) in [5.74, 6) is 0.0440. The van der Waals surface area contributed by atoms with Crippen molar-refractivity contribution in [3.05, 3.63) is 59.4 Å². The largest absolute Gasteiger partial charge is 0.479 e. The molecule has 136 valence electrons. The van der Waals surface area contributed by atoms with Crippen molar-refractivity contribution >= 4 is 17.5 Å². The number of nitrogens with one attached hydrogen (secondary N) is 1. The molecule has 5 nitrogen and oxygen atoms in total. The first-order valence-electron chi connectivity index (χ1n) is 8.54. The Morgan fingerprint density at radius 1 is 1.27 bits per heavy atom. The normalized spacial score (nSPS) is 16.0. The first kappa shape index (κ1) is 17.9. The number of ether oxygens (including phenoxy) is 1. The number of carbonyl (C=O) groups excluding carboxylic acids is 2. The van der Waals surface area contributed by atoms with Crippen molar-refractivity contribution in [3.8, 4) is 5.75 Å². The Labute approximate surface area is 151 Å². The van der Waals surface area contributed by atoms with Gasteiger partial charge in [0.25, 0.3) is 5.91 Å². The van der Waals surface area contributed by atoms with E-state index in [1.54, 1.807) is 36.9 Å². The van der Waals surface area contributed by atoms with Crippen LogP contribution in [0.4, 0.5) is 10.1 Å². The Kier molecular flexibility index (Phi) is 5.21. The summed E-state index contributed by atoms with van der Waals surface area (Å²) in [4.78, 5) is 26.1. The van der Waals surface area contributed by atoms with E-state index in [2.05, 4.69) is 5.32 Å². The van der Waals surface area contributed by atoms with Crippen molar-refractivity contribution in [2.75, 3.05) is 11.4 Å². The summed E-state index contributed by atoms with van der Waals surface area (Å²) < 4.78 is 18.9. The Hall–Kier alpha value is -2.89. The van der Waals surface area contributed by atoms with E-state index in [0.29, 0.717) is 23.5 Å². The van der Waals surface area contributed by atoms with Crippen molar-refractivity contribution < 1.29 is 18.7 Å². The standard InChI is InChI=1S/C20H21FN2O3/c1-13-11-15(7-8-16(13)21)12-22-19(24)9-10-23-17-5-3-4-6-18(17)26-14(2)20(23)25/h3-8,11,14H,9-10,12H2,1-2H3,(H,22,24). The zero-order valence-electron chi connectivity index (χ0n) is 14.8. The highest BCUT2D eigenvalue weighted by Crippen LogP contribution is 2.33. The molecule has 26 heavy (non-hydrogen) atoms. The molecule has 1 heterocycles. The molecule has 3 rings (SSSR count). The second kappa shape index (κ2) is 7.56. The number of aryl methyl sites for hydroxylation is 1. The van der Waals surface area contributed by atoms with Crippen LogP contribution in [0.2, 0.25) is 0 Å². The van der Waals surface area contributed by atoms with Crippen LogP contribution in [0, 0.1) is 12.7 Å². The maximum Gasteiger partial charge on any atom is 0.267 e. The summed E-state index contributed by atoms with van der Waals surface area (Å²) in [5.41, 5.74) is 2.05. The second-order valence-corrected chi connectivity index (χ2v) is 6.33. The van der Waals surface area contributed by atoms with Crippen LogP contribution in [-0.4, -0.2) is 24.5 Å². The van der Waals surface area contributed by atoms with E-state index < -0.39 is 6.10 Å². The average molecular weight is 356 g/mol. The van der Waals surface area contributed by atoms with Crippen LogP contribution in [-0.2, 0) is 16.1 Å². The zero-order chi connectivity index (χ0) is 18.7. The highest BCUT2D eigenvalue weighted by Gasteiger charge is 2.31. The number of fused-ring (bicyclic) bond motifs is 1. The third kappa shape index (κ3) is 3.85. The number of rotatable bonds is 5. The third-order valence-corrected chi connectivity index (χ3v) is 4.35. The van der Waals surface area contributed by atoms with Gasteiger partial charge in [0.15, 0.2) is 6.10 Å². The molecule has 0 saturated carbocycles. The number of hydrogen-bond donors (Lipinski definition) is 1. The Balaban J connectivity index is 1.58. The number of para-hydroxylation sites is 2. The molecule has 2 amide bonds. The van der Waals surface area contributed by atoms with Gasteiger partial charge >= 0.3 is 0 Å². The lowest BCUT2D eigenvalue weighted by molar-refractivity contribution is -0.125. The molecule has 2 aromatic carbocycles. The van der Waals surface area contributed by atoms with E-state index in [4.69, 9.17) is 4.74 Å². The van der Waals surface area contributed by atoms with Crippen molar-refractivity contribution in [2.45, 2.75) is 32.9 Å². The van der Waals surface area contributed by atoms with Gasteiger partial charge in [-0.2, -0.15) is 0 Å². The highest BCUT2D eigenvalue weighted by atomic mass is 19.1. The lowest BCUT2D eigenvalue weighted by Gasteiger charge is -2.32. The van der Waals surface area contributed by atoms with Crippen LogP contribution in [0.3, 0.4) is 0 Å². The molecule has 1 unspecified atom stereocenters. The van der Waals surface area contributed by atoms with Gasteiger partial charge in [-0.25, -0.2) is 4.39 Å². The lowest BCUT2D eigenvalue weighted by Crippen LogP contribution is -2.45. The Morgan fingerprint density at radius 2 is 2.04 bits per heavy atom. The maximum atomic E-state index is 13.3. The van der Waals surface area contributed by atoms with Gasteiger partial charge in [-0.05, 0) is 43.2 Å². The fourth-order valence-electron chi connectivity index (χ4n) is 2.91. The molecule has 2 aromatic rings. The molecule has 0 aliphatic carbocycles. The van der Waals surface area contributed by atoms with Gasteiger partial charge in [0, 0.05) is 19.5 Å². The quantitative estimate of drug-likeness (QED) is 0.896. The van der Waals surface area contributed by atoms with Gasteiger partial charge in [-0.3, -0.25) is 9.59 Å². The minimum atomic E-state index is -0.574. The van der Waals surface area contributed by atoms with E-state index in [1.807, 2.05) is 18.2 Å². The van der Waals surface area contributed by atoms with E-state index in [0.717, 1.165) is 5.56 Å². The number of benzene rings is 2. The van der Waals surface area contributed by atoms with Gasteiger partial charge < -0.3 is 15.0 Å². The van der Waals surface area contributed by atoms with E-state index in [9.17, 15) is 14.0 Å². The molecule has 0 spiro atoms. The second-order valence-electron chi connectivity index (χ2n) is 6.33. The minimum Gasteiger partial charge on any atom is -0.479 e. The number of anilines is 1. The third-order valence-electron chi connectivity index (χ3n) is 4.35. The summed E-state index contributed by atoms with van der Waals surface area (Å²) in [6.07, 6.45) is -0.400. The Morgan fingerprint density at radius 3 is 2.81 bits per heavy atom. The van der Waals surface area contributed by atoms with Crippen LogP contribution in [0.5, 0.6) is 5.75 Å². The summed E-state index contributed by atoms with van der Waals surface area (Å²) in [7, 11) is 0. The first-order valence-corrected chi connectivity index (χ1v) is 8.54. The minimum absolute atomic E-state index is 0.161. The Bertz CT molecular complexity index is 838. The van der Waals surface area contributed by atoms with Crippen molar-refractivity contribution in [2.24, 2.45) is 0 Å². The lowest BCUT2D eigenvalue weighted by atomic mass is 10.1. The van der Waals surface area contributed by atoms with Gasteiger partial charge in [-0.1, -0.05) is 24.3 Å². The van der Waals surface area contributed by atoms with E-state index in [-0.39, 0.29) is 30.6 Å². The predicted octanol–water partition coefficient (Wildman–Crippen LogP) is 2.95. The number of amides is 2. The fourth-order valence-corrected chi connectivity index (χ4v) is 2.91. The van der Waals surface area contributed by atoms with Gasteiger partial charge in [-0.15, -0.1) is 0 Å². The van der Waals surface area contributed by atoms with Crippen LogP contribution in [0.1, 0.15) is 24.5 Å². The molecule has 0 saturated heterocycles. The predicted molar refractivity (Wildman–Crippen MR) is 96.5 cm³/mol. The molecule has 0 bridgehead atoms. The molecule has 1 aliphatic rings. The van der Waals surface area contributed by atoms with Crippen molar-refractivity contribution in [1.29, 1.82) is 0 Å². The number of carbonyl (C=O) groups is 2. The van der Waals surface area contributed by atoms with Crippen LogP contribution in [0.25, 0.3) is 0 Å². The molecule has 6 heteroatoms. The summed E-state index contributed by atoms with van der Waals surface area (Å²) in [6, 6.07) is 12.0. The molecular weight excluding hydrogens is 335 g/mol. The molecule has 0 aromatic heterocycles. The van der Waals surface area contributed by atoms with E-state index >= 15 is 0 Å². The van der Waals surface area contributed by atoms with Crippen LogP contribution < -0.4 is 15.0 Å². The molecule has 0 fully saturated rings. The van der Waals surface area contributed by atoms with Crippen LogP contribution >= 0.6 is 0 Å². The maximum absolute atomic E-state index is 13.3. The SMILES string of the molecule is Cc1cc(CNC(=O)CCN2C(=O)C(C)Oc3ccccc32)ccc1F. The molecule has 1 aliphatic heterocycles. The van der Waals surface area contributed by atoms with Gasteiger partial charge in [0.1, 0.15) is 11.6 Å². The smallest absolute Gasteiger partial charge is 0.267 e. The van der Waals surface area contributed by atoms with Gasteiger partial charge in [0.05, 0.1) is 5.69 Å². The van der Waals surface area contributed by atoms with Crippen LogP contribution in [0.15, 0.2) is 42.5 Å². The van der Waals surface area contributed by atoms with Gasteiger partial charge in [0.2, 0.25) is 5.91 Å². The van der Waals surface area contributed by atoms with E-state index in [1.165, 1.54) is 6.07 Å². The molecule has 0 radical (unpaired) electrons. The summed E-state index contributed by atoms with van der Waals surface area (Å²) in [5, 5.41) is 2.80. The topological polar surface area (TPSA) is 58.6 Å². The number of hydrogen-bond acceptors (Lipinski definition) is 3. The zero-order valence-corrected chi connectivity index (χ0v) is 14.8. The molecular formula is C20H21FN2O3. The molecule has 1 atom stereocenters. The highest BCUT2D eigenvalue weighted by molar-refractivity contribution is 6.00. The molecule has 1 N–H and O–H groups in total.